The van der Waals surface area contributed by atoms with Gasteiger partial charge in [0.15, 0.2) is 0 Å². The number of anilines is 1. The predicted octanol–water partition coefficient (Wildman–Crippen LogP) is 5.79. The molecule has 1 unspecified atom stereocenters. The van der Waals surface area contributed by atoms with Gasteiger partial charge in [0.25, 0.3) is 0 Å². The number of nitrogens with one attached hydrogen (secondary N) is 1. The maximum absolute atomic E-state index is 12.7. The molecule has 5 nitrogen and oxygen atoms in total. The smallest absolute Gasteiger partial charge is 0.237 e. The fraction of sp³-hybridized carbons (Fsp3) is 0.208. The lowest BCUT2D eigenvalue weighted by atomic mass is 10.1. The first kappa shape index (κ1) is 21.4. The zero-order chi connectivity index (χ0) is 21.7. The van der Waals surface area contributed by atoms with Crippen LogP contribution in [-0.2, 0) is 4.79 Å². The van der Waals surface area contributed by atoms with Gasteiger partial charge in [-0.15, -0.1) is 0 Å². The second kappa shape index (κ2) is 9.47. The van der Waals surface area contributed by atoms with Gasteiger partial charge in [0.05, 0.1) is 10.8 Å². The molecule has 0 aliphatic heterocycles. The Morgan fingerprint density at radius 3 is 2.30 bits per heavy atom. The van der Waals surface area contributed by atoms with Crippen molar-refractivity contribution in [2.24, 2.45) is 0 Å². The summed E-state index contributed by atoms with van der Waals surface area (Å²) in [5.74, 6) is 1.29. The Bertz CT molecular complexity index is 1090. The third-order valence-electron chi connectivity index (χ3n) is 4.83. The molecule has 1 N–H and O–H groups in total. The summed E-state index contributed by atoms with van der Waals surface area (Å²) in [6, 6.07) is 18.9. The summed E-state index contributed by atoms with van der Waals surface area (Å²) in [4.78, 5) is 17.2. The zero-order valence-electron chi connectivity index (χ0n) is 17.4. The van der Waals surface area contributed by atoms with Crippen LogP contribution in [0.4, 0.5) is 5.69 Å². The fourth-order valence-corrected chi connectivity index (χ4v) is 3.83. The van der Waals surface area contributed by atoms with Gasteiger partial charge in [-0.2, -0.15) is 5.26 Å². The van der Waals surface area contributed by atoms with E-state index in [0.717, 1.165) is 22.6 Å². The molecule has 152 valence electrons. The average molecular weight is 418 g/mol. The van der Waals surface area contributed by atoms with Crippen LogP contribution in [0.5, 0.6) is 11.5 Å². The fourth-order valence-electron chi connectivity index (χ4n) is 2.82. The minimum atomic E-state index is -0.411. The molecule has 0 radical (unpaired) electrons. The number of para-hydroxylation sites is 1. The summed E-state index contributed by atoms with van der Waals surface area (Å²) >= 11 is 1.29. The molecule has 0 aliphatic rings. The van der Waals surface area contributed by atoms with Crippen molar-refractivity contribution in [2.45, 2.75) is 38.0 Å². The summed E-state index contributed by atoms with van der Waals surface area (Å²) < 4.78 is 5.77. The number of benzene rings is 2. The summed E-state index contributed by atoms with van der Waals surface area (Å²) in [7, 11) is 0. The minimum Gasteiger partial charge on any atom is -0.457 e. The van der Waals surface area contributed by atoms with Gasteiger partial charge in [-0.25, -0.2) is 4.98 Å². The highest BCUT2D eigenvalue weighted by Gasteiger charge is 2.20. The Balaban J connectivity index is 1.66. The molecule has 1 heterocycles. The van der Waals surface area contributed by atoms with Gasteiger partial charge in [0, 0.05) is 11.4 Å². The summed E-state index contributed by atoms with van der Waals surface area (Å²) in [5, 5.41) is 12.6. The molecule has 3 rings (SSSR count). The van der Waals surface area contributed by atoms with Gasteiger partial charge in [0.1, 0.15) is 22.6 Å². The normalized spacial score (nSPS) is 11.4. The number of pyridine rings is 1. The molecule has 0 aliphatic carbocycles. The van der Waals surface area contributed by atoms with E-state index in [4.69, 9.17) is 4.74 Å². The van der Waals surface area contributed by atoms with E-state index in [1.54, 1.807) is 19.1 Å². The van der Waals surface area contributed by atoms with E-state index in [9.17, 15) is 10.1 Å². The van der Waals surface area contributed by atoms with Crippen LogP contribution in [0.25, 0.3) is 0 Å². The molecule has 0 saturated heterocycles. The van der Waals surface area contributed by atoms with Gasteiger partial charge in [-0.3, -0.25) is 4.79 Å². The van der Waals surface area contributed by atoms with E-state index in [2.05, 4.69) is 16.4 Å². The van der Waals surface area contributed by atoms with Crippen LogP contribution < -0.4 is 10.1 Å². The Kier molecular flexibility index (Phi) is 6.76. The second-order valence-corrected chi connectivity index (χ2v) is 8.26. The summed E-state index contributed by atoms with van der Waals surface area (Å²) in [5.41, 5.74) is 4.00. The van der Waals surface area contributed by atoms with Crippen molar-refractivity contribution in [1.29, 1.82) is 5.26 Å². The largest absolute Gasteiger partial charge is 0.457 e. The number of rotatable bonds is 6. The molecule has 6 heteroatoms. The number of carbonyl (C=O) groups is 1. The van der Waals surface area contributed by atoms with E-state index in [1.807, 2.05) is 63.2 Å². The van der Waals surface area contributed by atoms with Crippen molar-refractivity contribution in [3.8, 4) is 17.6 Å². The van der Waals surface area contributed by atoms with Crippen molar-refractivity contribution in [3.63, 3.8) is 0 Å². The molecule has 0 saturated carbocycles. The Hall–Kier alpha value is -3.30. The predicted molar refractivity (Wildman–Crippen MR) is 120 cm³/mol. The third-order valence-corrected chi connectivity index (χ3v) is 5.92. The number of ether oxygens (including phenoxy) is 1. The molecule has 2 aromatic carbocycles. The highest BCUT2D eigenvalue weighted by Crippen LogP contribution is 2.30. The second-order valence-electron chi connectivity index (χ2n) is 6.93. The van der Waals surface area contributed by atoms with Crippen molar-refractivity contribution in [2.75, 3.05) is 5.32 Å². The Morgan fingerprint density at radius 2 is 1.67 bits per heavy atom. The average Bonchev–Trinajstić information content (AvgIpc) is 2.74. The number of thioether (sulfide) groups is 1. The van der Waals surface area contributed by atoms with Gasteiger partial charge in [0.2, 0.25) is 5.91 Å². The van der Waals surface area contributed by atoms with Crippen LogP contribution in [0.15, 0.2) is 59.6 Å². The van der Waals surface area contributed by atoms with Crippen molar-refractivity contribution < 1.29 is 9.53 Å². The number of hydrogen-bond acceptors (Lipinski definition) is 5. The first-order valence-corrected chi connectivity index (χ1v) is 10.5. The van der Waals surface area contributed by atoms with E-state index in [-0.39, 0.29) is 5.91 Å². The number of nitriles is 1. The number of aryl methyl sites for hydroxylation is 1. The lowest BCUT2D eigenvalue weighted by Crippen LogP contribution is -2.22. The highest BCUT2D eigenvalue weighted by molar-refractivity contribution is 8.00. The minimum absolute atomic E-state index is 0.154. The van der Waals surface area contributed by atoms with Gasteiger partial charge >= 0.3 is 0 Å². The molecule has 1 amide bonds. The van der Waals surface area contributed by atoms with E-state index in [1.165, 1.54) is 11.8 Å². The number of aromatic nitrogens is 1. The standard InChI is InChI=1S/C24H23N3O2S/c1-15-16(2)22(14-25)24(26-17(15)3)30-18(4)23(28)27-19-10-12-21(13-11-19)29-20-8-6-5-7-9-20/h5-13,18H,1-4H3,(H,27,28). The first-order valence-electron chi connectivity index (χ1n) is 9.57. The number of nitrogens with zero attached hydrogens (tertiary/aromatic N) is 2. The van der Waals surface area contributed by atoms with Crippen LogP contribution in [-0.4, -0.2) is 16.1 Å². The molecule has 0 fully saturated rings. The van der Waals surface area contributed by atoms with Crippen molar-refractivity contribution in [3.05, 3.63) is 77.0 Å². The van der Waals surface area contributed by atoms with Gasteiger partial charge in [-0.05, 0) is 75.2 Å². The number of carbonyl (C=O) groups excluding carboxylic acids is 1. The van der Waals surface area contributed by atoms with E-state index >= 15 is 0 Å². The highest BCUT2D eigenvalue weighted by atomic mass is 32.2. The molecular weight excluding hydrogens is 394 g/mol. The summed E-state index contributed by atoms with van der Waals surface area (Å²) in [6.45, 7) is 7.59. The van der Waals surface area contributed by atoms with E-state index < -0.39 is 5.25 Å². The molecule has 0 bridgehead atoms. The van der Waals surface area contributed by atoms with Crippen LogP contribution in [0.3, 0.4) is 0 Å². The van der Waals surface area contributed by atoms with Crippen LogP contribution in [0, 0.1) is 32.1 Å². The maximum atomic E-state index is 12.7. The SMILES string of the molecule is Cc1nc(SC(C)C(=O)Nc2ccc(Oc3ccccc3)cc2)c(C#N)c(C)c1C. The molecule has 0 spiro atoms. The Labute approximate surface area is 181 Å². The molecule has 3 aromatic rings. The number of hydrogen-bond donors (Lipinski definition) is 1. The topological polar surface area (TPSA) is 75.0 Å². The quantitative estimate of drug-likeness (QED) is 0.514. The monoisotopic (exact) mass is 417 g/mol. The van der Waals surface area contributed by atoms with Crippen LogP contribution in [0.1, 0.15) is 29.3 Å². The lowest BCUT2D eigenvalue weighted by Gasteiger charge is -2.15. The third kappa shape index (κ3) is 5.00. The summed E-state index contributed by atoms with van der Waals surface area (Å²) in [6.07, 6.45) is 0. The van der Waals surface area contributed by atoms with Gasteiger partial charge in [-0.1, -0.05) is 30.0 Å². The lowest BCUT2D eigenvalue weighted by molar-refractivity contribution is -0.115. The zero-order valence-corrected chi connectivity index (χ0v) is 18.2. The first-order chi connectivity index (χ1) is 14.4. The van der Waals surface area contributed by atoms with E-state index in [0.29, 0.717) is 22.0 Å². The van der Waals surface area contributed by atoms with Crippen molar-refractivity contribution in [1.82, 2.24) is 4.98 Å². The molecule has 1 aromatic heterocycles. The Morgan fingerprint density at radius 1 is 1.03 bits per heavy atom. The van der Waals surface area contributed by atoms with Crippen molar-refractivity contribution >= 4 is 23.4 Å². The van der Waals surface area contributed by atoms with Crippen LogP contribution >= 0.6 is 11.8 Å². The van der Waals surface area contributed by atoms with Crippen LogP contribution in [0.2, 0.25) is 0 Å². The van der Waals surface area contributed by atoms with Gasteiger partial charge < -0.3 is 10.1 Å². The number of amides is 1. The maximum Gasteiger partial charge on any atom is 0.237 e. The molecule has 1 atom stereocenters. The molecular formula is C24H23N3O2S. The molecule has 30 heavy (non-hydrogen) atoms.